The van der Waals surface area contributed by atoms with Gasteiger partial charge in [0.15, 0.2) is 0 Å². The number of hydrogen-bond donors (Lipinski definition) is 1. The summed E-state index contributed by atoms with van der Waals surface area (Å²) in [5.74, 6) is 0.825. The highest BCUT2D eigenvalue weighted by atomic mass is 35.5. The lowest BCUT2D eigenvalue weighted by atomic mass is 10.2. The van der Waals surface area contributed by atoms with E-state index in [0.717, 1.165) is 17.2 Å². The van der Waals surface area contributed by atoms with Crippen LogP contribution in [0, 0.1) is 6.92 Å². The van der Waals surface area contributed by atoms with Gasteiger partial charge in [0.1, 0.15) is 5.82 Å². The van der Waals surface area contributed by atoms with E-state index in [2.05, 4.69) is 14.9 Å². The zero-order valence-corrected chi connectivity index (χ0v) is 14.1. The van der Waals surface area contributed by atoms with Gasteiger partial charge in [-0.15, -0.1) is 0 Å². The Morgan fingerprint density at radius 3 is 2.54 bits per heavy atom. The van der Waals surface area contributed by atoms with E-state index in [-0.39, 0.29) is 5.91 Å². The van der Waals surface area contributed by atoms with Crippen molar-refractivity contribution in [2.24, 2.45) is 0 Å². The molecule has 1 amide bonds. The summed E-state index contributed by atoms with van der Waals surface area (Å²) in [5, 5.41) is 3.52. The zero-order chi connectivity index (χ0) is 16.9. The van der Waals surface area contributed by atoms with E-state index in [4.69, 9.17) is 11.6 Å². The Hall–Kier alpha value is -2.59. The van der Waals surface area contributed by atoms with Crippen LogP contribution in [0.15, 0.2) is 60.8 Å². The van der Waals surface area contributed by atoms with E-state index in [0.29, 0.717) is 23.6 Å². The normalized spacial score (nSPS) is 10.6. The molecule has 0 aliphatic rings. The highest BCUT2D eigenvalue weighted by Gasteiger charge is 2.08. The molecule has 0 saturated carbocycles. The minimum absolute atomic E-state index is 0.106. The second-order valence-electron chi connectivity index (χ2n) is 5.50. The molecular weight excluding hydrogens is 322 g/mol. The summed E-state index contributed by atoms with van der Waals surface area (Å²) < 4.78 is 2.05. The summed E-state index contributed by atoms with van der Waals surface area (Å²) in [6.07, 6.45) is 2.69. The lowest BCUT2D eigenvalue weighted by Gasteiger charge is -2.04. The lowest BCUT2D eigenvalue weighted by molar-refractivity contribution is 0.0954. The smallest absolute Gasteiger partial charge is 0.251 e. The van der Waals surface area contributed by atoms with Gasteiger partial charge in [0.25, 0.3) is 5.91 Å². The van der Waals surface area contributed by atoms with Crippen molar-refractivity contribution < 1.29 is 4.79 Å². The molecule has 122 valence electrons. The van der Waals surface area contributed by atoms with Gasteiger partial charge in [-0.1, -0.05) is 29.8 Å². The van der Waals surface area contributed by atoms with Crippen LogP contribution in [0.1, 0.15) is 21.9 Å². The number of nitrogens with one attached hydrogen (secondary N) is 1. The number of rotatable bonds is 5. The average molecular weight is 340 g/mol. The fraction of sp³-hybridized carbons (Fsp3) is 0.158. The van der Waals surface area contributed by atoms with Gasteiger partial charge in [0, 0.05) is 35.4 Å². The topological polar surface area (TPSA) is 46.9 Å². The number of carbonyl (C=O) groups excluding carboxylic acids is 1. The number of benzene rings is 2. The fourth-order valence-corrected chi connectivity index (χ4v) is 2.64. The van der Waals surface area contributed by atoms with Gasteiger partial charge in [-0.2, -0.15) is 0 Å². The van der Waals surface area contributed by atoms with Crippen molar-refractivity contribution in [3.63, 3.8) is 0 Å². The first-order valence-corrected chi connectivity index (χ1v) is 8.15. The summed E-state index contributed by atoms with van der Waals surface area (Å²) in [6.45, 7) is 2.51. The summed E-state index contributed by atoms with van der Waals surface area (Å²) in [5.41, 5.74) is 2.64. The zero-order valence-electron chi connectivity index (χ0n) is 13.4. The van der Waals surface area contributed by atoms with Crippen LogP contribution in [0.25, 0.3) is 5.69 Å². The second-order valence-corrected chi connectivity index (χ2v) is 5.93. The van der Waals surface area contributed by atoms with E-state index in [1.165, 1.54) is 0 Å². The van der Waals surface area contributed by atoms with E-state index < -0.39 is 0 Å². The number of para-hydroxylation sites is 1. The van der Waals surface area contributed by atoms with Gasteiger partial charge in [-0.05, 0) is 43.3 Å². The summed E-state index contributed by atoms with van der Waals surface area (Å²) in [7, 11) is 0. The number of nitrogens with zero attached hydrogens (tertiary/aromatic N) is 2. The number of carbonyl (C=O) groups is 1. The molecule has 3 aromatic rings. The van der Waals surface area contributed by atoms with E-state index in [1.807, 2.05) is 43.5 Å². The lowest BCUT2D eigenvalue weighted by Crippen LogP contribution is -2.25. The van der Waals surface area contributed by atoms with Crippen molar-refractivity contribution >= 4 is 17.5 Å². The fourth-order valence-electron chi connectivity index (χ4n) is 2.51. The van der Waals surface area contributed by atoms with Gasteiger partial charge >= 0.3 is 0 Å². The first-order valence-electron chi connectivity index (χ1n) is 7.77. The third-order valence-corrected chi connectivity index (χ3v) is 3.99. The molecule has 0 aliphatic carbocycles. The van der Waals surface area contributed by atoms with Crippen molar-refractivity contribution in [1.29, 1.82) is 0 Å². The Bertz CT molecular complexity index is 826. The monoisotopic (exact) mass is 339 g/mol. The van der Waals surface area contributed by atoms with Crippen LogP contribution >= 0.6 is 11.6 Å². The third kappa shape index (κ3) is 3.84. The van der Waals surface area contributed by atoms with Crippen LogP contribution in [0.5, 0.6) is 0 Å². The predicted octanol–water partition coefficient (Wildman–Crippen LogP) is 3.81. The largest absolute Gasteiger partial charge is 0.352 e. The van der Waals surface area contributed by atoms with Gasteiger partial charge in [-0.3, -0.25) is 4.79 Å². The number of aromatic nitrogens is 2. The molecule has 4 nitrogen and oxygen atoms in total. The second kappa shape index (κ2) is 7.32. The summed E-state index contributed by atoms with van der Waals surface area (Å²) >= 11 is 5.83. The van der Waals surface area contributed by atoms with Crippen molar-refractivity contribution in [3.8, 4) is 5.69 Å². The first kappa shape index (κ1) is 16.3. The Balaban J connectivity index is 1.59. The minimum Gasteiger partial charge on any atom is -0.352 e. The molecule has 1 aromatic heterocycles. The standard InChI is InChI=1S/C19H18ClN3O/c1-14-22-17(13-23(14)18-5-3-2-4-6-18)11-12-21-19(24)15-7-9-16(20)10-8-15/h2-10,13H,11-12H2,1H3,(H,21,24). The molecule has 0 spiro atoms. The molecule has 5 heteroatoms. The van der Waals surface area contributed by atoms with E-state index in [9.17, 15) is 4.79 Å². The maximum Gasteiger partial charge on any atom is 0.251 e. The number of imidazole rings is 1. The summed E-state index contributed by atoms with van der Waals surface area (Å²) in [4.78, 5) is 16.6. The SMILES string of the molecule is Cc1nc(CCNC(=O)c2ccc(Cl)cc2)cn1-c1ccccc1. The molecule has 1 heterocycles. The average Bonchev–Trinajstić information content (AvgIpc) is 2.97. The first-order chi connectivity index (χ1) is 11.6. The molecule has 0 saturated heterocycles. The predicted molar refractivity (Wildman–Crippen MR) is 95.8 cm³/mol. The van der Waals surface area contributed by atoms with Crippen molar-refractivity contribution in [3.05, 3.63) is 82.9 Å². The summed E-state index contributed by atoms with van der Waals surface area (Å²) in [6, 6.07) is 16.9. The Morgan fingerprint density at radius 1 is 1.12 bits per heavy atom. The molecule has 1 N–H and O–H groups in total. The molecular formula is C19H18ClN3O. The maximum atomic E-state index is 12.1. The van der Waals surface area contributed by atoms with Gasteiger partial charge in [0.2, 0.25) is 0 Å². The van der Waals surface area contributed by atoms with Crippen LogP contribution in [0.2, 0.25) is 5.02 Å². The number of aryl methyl sites for hydroxylation is 1. The number of amides is 1. The van der Waals surface area contributed by atoms with Gasteiger partial charge in [-0.25, -0.2) is 4.98 Å². The third-order valence-electron chi connectivity index (χ3n) is 3.74. The molecule has 2 aromatic carbocycles. The van der Waals surface area contributed by atoms with Crippen molar-refractivity contribution in [2.45, 2.75) is 13.3 Å². The van der Waals surface area contributed by atoms with Gasteiger partial charge < -0.3 is 9.88 Å². The molecule has 0 unspecified atom stereocenters. The maximum absolute atomic E-state index is 12.1. The molecule has 0 bridgehead atoms. The molecule has 3 rings (SSSR count). The Labute approximate surface area is 146 Å². The molecule has 24 heavy (non-hydrogen) atoms. The minimum atomic E-state index is -0.106. The van der Waals surface area contributed by atoms with Crippen molar-refractivity contribution in [2.75, 3.05) is 6.54 Å². The van der Waals surface area contributed by atoms with Crippen LogP contribution in [0.3, 0.4) is 0 Å². The van der Waals surface area contributed by atoms with Crippen LogP contribution < -0.4 is 5.32 Å². The highest BCUT2D eigenvalue weighted by molar-refractivity contribution is 6.30. The number of hydrogen-bond acceptors (Lipinski definition) is 2. The highest BCUT2D eigenvalue weighted by Crippen LogP contribution is 2.12. The van der Waals surface area contributed by atoms with Crippen LogP contribution in [0.4, 0.5) is 0 Å². The van der Waals surface area contributed by atoms with Crippen LogP contribution in [-0.4, -0.2) is 22.0 Å². The van der Waals surface area contributed by atoms with E-state index in [1.54, 1.807) is 24.3 Å². The van der Waals surface area contributed by atoms with Crippen molar-refractivity contribution in [1.82, 2.24) is 14.9 Å². The van der Waals surface area contributed by atoms with Crippen LogP contribution in [-0.2, 0) is 6.42 Å². The molecule has 0 radical (unpaired) electrons. The quantitative estimate of drug-likeness (QED) is 0.768. The Kier molecular flexibility index (Phi) is 4.96. The van der Waals surface area contributed by atoms with E-state index >= 15 is 0 Å². The molecule has 0 atom stereocenters. The Morgan fingerprint density at radius 2 is 1.83 bits per heavy atom. The molecule has 0 aliphatic heterocycles. The molecule has 0 fully saturated rings. The van der Waals surface area contributed by atoms with Gasteiger partial charge in [0.05, 0.1) is 5.69 Å². The number of halogens is 1.